The van der Waals surface area contributed by atoms with E-state index in [-0.39, 0.29) is 11.6 Å². The number of nitrogens with zero attached hydrogens (tertiary/aromatic N) is 4. The number of sulfonamides is 1. The SMILES string of the molecule is Cc1cccc(S(=O)(=O)N2CCN(C(C)c3nc4ccccc4c(=O)n3C)CC2)c1. The van der Waals surface area contributed by atoms with E-state index >= 15 is 0 Å². The zero-order valence-corrected chi connectivity index (χ0v) is 18.3. The number of hydrogen-bond donors (Lipinski definition) is 0. The monoisotopic (exact) mass is 426 g/mol. The summed E-state index contributed by atoms with van der Waals surface area (Å²) in [7, 11) is -1.76. The minimum absolute atomic E-state index is 0.0666. The molecule has 1 aromatic heterocycles. The summed E-state index contributed by atoms with van der Waals surface area (Å²) >= 11 is 0. The maximum Gasteiger partial charge on any atom is 0.261 e. The van der Waals surface area contributed by atoms with Crippen LogP contribution in [0.3, 0.4) is 0 Å². The van der Waals surface area contributed by atoms with Gasteiger partial charge in [0, 0.05) is 33.2 Å². The minimum atomic E-state index is -3.51. The van der Waals surface area contributed by atoms with Crippen molar-refractivity contribution in [2.24, 2.45) is 7.05 Å². The molecule has 30 heavy (non-hydrogen) atoms. The number of fused-ring (bicyclic) bond motifs is 1. The van der Waals surface area contributed by atoms with Crippen molar-refractivity contribution in [1.29, 1.82) is 0 Å². The lowest BCUT2D eigenvalue weighted by molar-refractivity contribution is 0.139. The first-order chi connectivity index (χ1) is 14.3. The first kappa shape index (κ1) is 20.7. The highest BCUT2D eigenvalue weighted by Crippen LogP contribution is 2.24. The van der Waals surface area contributed by atoms with E-state index in [0.717, 1.165) is 5.56 Å². The molecular weight excluding hydrogens is 400 g/mol. The topological polar surface area (TPSA) is 75.5 Å². The van der Waals surface area contributed by atoms with Crippen LogP contribution in [0, 0.1) is 6.92 Å². The van der Waals surface area contributed by atoms with Gasteiger partial charge in [0.25, 0.3) is 5.56 Å². The molecule has 3 aromatic rings. The van der Waals surface area contributed by atoms with Crippen molar-refractivity contribution in [2.75, 3.05) is 26.2 Å². The lowest BCUT2D eigenvalue weighted by Crippen LogP contribution is -2.49. The van der Waals surface area contributed by atoms with Crippen LogP contribution >= 0.6 is 0 Å². The molecule has 4 rings (SSSR count). The summed E-state index contributed by atoms with van der Waals surface area (Å²) in [6, 6.07) is 14.3. The summed E-state index contributed by atoms with van der Waals surface area (Å²) in [5.74, 6) is 0.689. The Labute approximate surface area is 176 Å². The van der Waals surface area contributed by atoms with E-state index in [1.165, 1.54) is 4.31 Å². The van der Waals surface area contributed by atoms with E-state index in [2.05, 4.69) is 4.90 Å². The number of aryl methyl sites for hydroxylation is 1. The molecule has 0 bridgehead atoms. The van der Waals surface area contributed by atoms with Gasteiger partial charge >= 0.3 is 0 Å². The number of aromatic nitrogens is 2. The predicted octanol–water partition coefficient (Wildman–Crippen LogP) is 2.31. The smallest absolute Gasteiger partial charge is 0.261 e. The maximum absolute atomic E-state index is 13.0. The fourth-order valence-electron chi connectivity index (χ4n) is 4.03. The van der Waals surface area contributed by atoms with Crippen LogP contribution in [-0.2, 0) is 17.1 Å². The van der Waals surface area contributed by atoms with Crippen LogP contribution in [0.15, 0.2) is 58.2 Å². The van der Waals surface area contributed by atoms with Crippen LogP contribution in [0.2, 0.25) is 0 Å². The summed E-state index contributed by atoms with van der Waals surface area (Å²) in [6.07, 6.45) is 0. The standard InChI is InChI=1S/C22H26N4O3S/c1-16-7-6-8-18(15-16)30(28,29)26-13-11-25(12-14-26)17(2)21-23-20-10-5-4-9-19(20)22(27)24(21)3/h4-10,15,17H,11-14H2,1-3H3. The summed E-state index contributed by atoms with van der Waals surface area (Å²) in [6.45, 7) is 5.87. The fraction of sp³-hybridized carbons (Fsp3) is 0.364. The molecule has 1 unspecified atom stereocenters. The second kappa shape index (κ2) is 7.94. The van der Waals surface area contributed by atoms with Gasteiger partial charge in [0.1, 0.15) is 5.82 Å². The van der Waals surface area contributed by atoms with Gasteiger partial charge in [-0.15, -0.1) is 0 Å². The third-order valence-corrected chi connectivity index (χ3v) is 7.73. The van der Waals surface area contributed by atoms with Gasteiger partial charge < -0.3 is 0 Å². The molecule has 0 amide bonds. The van der Waals surface area contributed by atoms with Crippen molar-refractivity contribution < 1.29 is 8.42 Å². The molecule has 0 spiro atoms. The van der Waals surface area contributed by atoms with E-state index in [0.29, 0.717) is 47.8 Å². The fourth-order valence-corrected chi connectivity index (χ4v) is 5.56. The number of para-hydroxylation sites is 1. The van der Waals surface area contributed by atoms with Crippen molar-refractivity contribution in [3.8, 4) is 0 Å². The molecule has 0 radical (unpaired) electrons. The van der Waals surface area contributed by atoms with Gasteiger partial charge in [-0.2, -0.15) is 4.31 Å². The van der Waals surface area contributed by atoms with Crippen LogP contribution in [0.1, 0.15) is 24.4 Å². The molecule has 8 heteroatoms. The van der Waals surface area contributed by atoms with Gasteiger partial charge in [0.05, 0.1) is 21.8 Å². The summed E-state index contributed by atoms with van der Waals surface area (Å²) in [4.78, 5) is 20.0. The lowest BCUT2D eigenvalue weighted by Gasteiger charge is -2.37. The Morgan fingerprint density at radius 2 is 1.70 bits per heavy atom. The van der Waals surface area contributed by atoms with E-state index in [1.54, 1.807) is 35.9 Å². The number of benzene rings is 2. The van der Waals surface area contributed by atoms with Gasteiger partial charge in [0.2, 0.25) is 10.0 Å². The molecule has 1 atom stereocenters. The number of hydrogen-bond acceptors (Lipinski definition) is 5. The van der Waals surface area contributed by atoms with Crippen LogP contribution in [-0.4, -0.2) is 53.4 Å². The van der Waals surface area contributed by atoms with Crippen molar-refractivity contribution in [3.63, 3.8) is 0 Å². The highest BCUT2D eigenvalue weighted by molar-refractivity contribution is 7.89. The minimum Gasteiger partial charge on any atom is -0.298 e. The lowest BCUT2D eigenvalue weighted by atomic mass is 10.2. The Kier molecular flexibility index (Phi) is 5.48. The third-order valence-electron chi connectivity index (χ3n) is 5.84. The third kappa shape index (κ3) is 3.66. The second-order valence-electron chi connectivity index (χ2n) is 7.78. The molecule has 0 aliphatic carbocycles. The molecule has 1 saturated heterocycles. The van der Waals surface area contributed by atoms with Crippen LogP contribution < -0.4 is 5.56 Å². The van der Waals surface area contributed by atoms with Crippen molar-refractivity contribution in [2.45, 2.75) is 24.8 Å². The molecule has 1 aliphatic rings. The molecule has 158 valence electrons. The van der Waals surface area contributed by atoms with E-state index in [1.807, 2.05) is 38.1 Å². The molecule has 2 aromatic carbocycles. The van der Waals surface area contributed by atoms with Crippen molar-refractivity contribution >= 4 is 20.9 Å². The number of piperazine rings is 1. The molecular formula is C22H26N4O3S. The van der Waals surface area contributed by atoms with Crippen molar-refractivity contribution in [3.05, 3.63) is 70.3 Å². The van der Waals surface area contributed by atoms with E-state index in [9.17, 15) is 13.2 Å². The second-order valence-corrected chi connectivity index (χ2v) is 9.72. The molecule has 7 nitrogen and oxygen atoms in total. The average molecular weight is 427 g/mol. The van der Waals surface area contributed by atoms with Crippen LogP contribution in [0.4, 0.5) is 0 Å². The zero-order chi connectivity index (χ0) is 21.5. The Morgan fingerprint density at radius 3 is 2.40 bits per heavy atom. The largest absolute Gasteiger partial charge is 0.298 e. The van der Waals surface area contributed by atoms with Crippen molar-refractivity contribution in [1.82, 2.24) is 18.8 Å². The average Bonchev–Trinajstić information content (AvgIpc) is 2.76. The Balaban J connectivity index is 1.54. The molecule has 1 fully saturated rings. The predicted molar refractivity (Wildman–Crippen MR) is 117 cm³/mol. The van der Waals surface area contributed by atoms with Gasteiger partial charge in [-0.3, -0.25) is 14.3 Å². The maximum atomic E-state index is 13.0. The zero-order valence-electron chi connectivity index (χ0n) is 17.4. The number of rotatable bonds is 4. The highest BCUT2D eigenvalue weighted by Gasteiger charge is 2.31. The Morgan fingerprint density at radius 1 is 1.00 bits per heavy atom. The van der Waals surface area contributed by atoms with Gasteiger partial charge in [-0.1, -0.05) is 24.3 Å². The molecule has 0 saturated carbocycles. The quantitative estimate of drug-likeness (QED) is 0.640. The highest BCUT2D eigenvalue weighted by atomic mass is 32.2. The van der Waals surface area contributed by atoms with Crippen LogP contribution in [0.5, 0.6) is 0 Å². The first-order valence-corrected chi connectivity index (χ1v) is 11.5. The summed E-state index contributed by atoms with van der Waals surface area (Å²) < 4.78 is 29.1. The molecule has 1 aliphatic heterocycles. The normalized spacial score (nSPS) is 17.3. The molecule has 2 heterocycles. The first-order valence-electron chi connectivity index (χ1n) is 10.1. The van der Waals surface area contributed by atoms with E-state index < -0.39 is 10.0 Å². The van der Waals surface area contributed by atoms with Crippen LogP contribution in [0.25, 0.3) is 10.9 Å². The van der Waals surface area contributed by atoms with Gasteiger partial charge in [-0.25, -0.2) is 13.4 Å². The summed E-state index contributed by atoms with van der Waals surface area (Å²) in [5, 5.41) is 0.602. The summed E-state index contributed by atoms with van der Waals surface area (Å²) in [5.41, 5.74) is 1.54. The van der Waals surface area contributed by atoms with Gasteiger partial charge in [-0.05, 0) is 43.7 Å². The van der Waals surface area contributed by atoms with E-state index in [4.69, 9.17) is 4.98 Å². The Bertz CT molecular complexity index is 1240. The Hall–Kier alpha value is -2.55. The van der Waals surface area contributed by atoms with Gasteiger partial charge in [0.15, 0.2) is 0 Å². The molecule has 0 N–H and O–H groups in total.